The van der Waals surface area contributed by atoms with E-state index in [1.165, 1.54) is 11.3 Å². The monoisotopic (exact) mass is 309 g/mol. The molecule has 2 heterocycles. The molecule has 0 spiro atoms. The number of rotatable bonds is 6. The van der Waals surface area contributed by atoms with E-state index < -0.39 is 0 Å². The van der Waals surface area contributed by atoms with Gasteiger partial charge in [-0.1, -0.05) is 19.9 Å². The van der Waals surface area contributed by atoms with Crippen LogP contribution in [0.4, 0.5) is 4.79 Å². The molecule has 2 rings (SSSR count). The van der Waals surface area contributed by atoms with E-state index in [-0.39, 0.29) is 6.03 Å². The average molecular weight is 309 g/mol. The summed E-state index contributed by atoms with van der Waals surface area (Å²) in [6.07, 6.45) is 2.25. The van der Waals surface area contributed by atoms with Gasteiger partial charge >= 0.3 is 6.03 Å². The van der Waals surface area contributed by atoms with Crippen LogP contribution in [0.3, 0.4) is 0 Å². The van der Waals surface area contributed by atoms with Crippen LogP contribution in [0.5, 0.6) is 0 Å². The van der Waals surface area contributed by atoms with Gasteiger partial charge in [-0.15, -0.1) is 11.3 Å². The summed E-state index contributed by atoms with van der Waals surface area (Å²) >= 11 is 1.80. The predicted molar refractivity (Wildman–Crippen MR) is 88.6 cm³/mol. The van der Waals surface area contributed by atoms with Crippen molar-refractivity contribution in [2.45, 2.75) is 33.2 Å². The molecule has 0 bridgehead atoms. The number of piperazine rings is 1. The Morgan fingerprint density at radius 3 is 2.71 bits per heavy atom. The molecule has 0 atom stereocenters. The predicted octanol–water partition coefficient (Wildman–Crippen LogP) is 3.01. The largest absolute Gasteiger partial charge is 0.338 e. The number of nitrogens with one attached hydrogen (secondary N) is 1. The van der Waals surface area contributed by atoms with Crippen molar-refractivity contribution < 1.29 is 4.79 Å². The Hall–Kier alpha value is -1.07. The second kappa shape index (κ2) is 8.39. The maximum Gasteiger partial charge on any atom is 0.317 e. The summed E-state index contributed by atoms with van der Waals surface area (Å²) in [5.41, 5.74) is 0. The van der Waals surface area contributed by atoms with E-state index in [4.69, 9.17) is 0 Å². The molecule has 0 aromatic carbocycles. The van der Waals surface area contributed by atoms with Crippen LogP contribution >= 0.6 is 11.3 Å². The third-order valence-electron chi connectivity index (χ3n) is 3.85. The van der Waals surface area contributed by atoms with Crippen LogP contribution in [0.25, 0.3) is 0 Å². The van der Waals surface area contributed by atoms with E-state index in [0.29, 0.717) is 5.92 Å². The molecule has 0 saturated carbocycles. The first-order valence-electron chi connectivity index (χ1n) is 7.92. The van der Waals surface area contributed by atoms with Crippen LogP contribution in [0, 0.1) is 5.92 Å². The van der Waals surface area contributed by atoms with Crippen LogP contribution in [0.2, 0.25) is 0 Å². The minimum absolute atomic E-state index is 0.106. The van der Waals surface area contributed by atoms with Crippen LogP contribution in [-0.2, 0) is 6.54 Å². The first-order valence-corrected chi connectivity index (χ1v) is 8.80. The molecule has 1 aromatic rings. The molecule has 1 aromatic heterocycles. The molecule has 1 saturated heterocycles. The van der Waals surface area contributed by atoms with Crippen molar-refractivity contribution in [1.29, 1.82) is 0 Å². The number of amides is 2. The van der Waals surface area contributed by atoms with E-state index in [9.17, 15) is 4.79 Å². The summed E-state index contributed by atoms with van der Waals surface area (Å²) in [4.78, 5) is 17.8. The molecule has 0 radical (unpaired) electrons. The zero-order chi connectivity index (χ0) is 15.1. The average Bonchev–Trinajstić information content (AvgIpc) is 2.97. The highest BCUT2D eigenvalue weighted by molar-refractivity contribution is 7.09. The van der Waals surface area contributed by atoms with Crippen molar-refractivity contribution in [1.82, 2.24) is 15.1 Å². The van der Waals surface area contributed by atoms with Gasteiger partial charge in [0.1, 0.15) is 0 Å². The van der Waals surface area contributed by atoms with E-state index in [2.05, 4.69) is 41.6 Å². The highest BCUT2D eigenvalue weighted by Gasteiger charge is 2.20. The Balaban J connectivity index is 1.62. The normalized spacial score (nSPS) is 16.4. The van der Waals surface area contributed by atoms with Crippen molar-refractivity contribution in [3.05, 3.63) is 22.4 Å². The van der Waals surface area contributed by atoms with Crippen LogP contribution in [0.15, 0.2) is 17.5 Å². The van der Waals surface area contributed by atoms with E-state index in [1.807, 2.05) is 4.90 Å². The molecule has 1 fully saturated rings. The van der Waals surface area contributed by atoms with Crippen LogP contribution in [-0.4, -0.2) is 48.6 Å². The standard InChI is InChI=1S/C16H27N3OS/c1-14(2)5-3-7-17-16(20)19-10-8-18(9-11-19)13-15-6-4-12-21-15/h4,6,12,14H,3,5,7-11,13H2,1-2H3,(H,17,20). The molecule has 5 heteroatoms. The molecule has 118 valence electrons. The highest BCUT2D eigenvalue weighted by atomic mass is 32.1. The lowest BCUT2D eigenvalue weighted by Crippen LogP contribution is -2.51. The number of hydrogen-bond donors (Lipinski definition) is 1. The van der Waals surface area contributed by atoms with Gasteiger partial charge < -0.3 is 10.2 Å². The van der Waals surface area contributed by atoms with Crippen molar-refractivity contribution in [2.24, 2.45) is 5.92 Å². The number of carbonyl (C=O) groups excluding carboxylic acids is 1. The third kappa shape index (κ3) is 5.67. The highest BCUT2D eigenvalue weighted by Crippen LogP contribution is 2.13. The molecule has 0 unspecified atom stereocenters. The van der Waals surface area contributed by atoms with Crippen LogP contribution < -0.4 is 5.32 Å². The lowest BCUT2D eigenvalue weighted by Gasteiger charge is -2.34. The SMILES string of the molecule is CC(C)CCCNC(=O)N1CCN(Cc2cccs2)CC1. The van der Waals surface area contributed by atoms with Gasteiger partial charge in [0.2, 0.25) is 0 Å². The summed E-state index contributed by atoms with van der Waals surface area (Å²) in [7, 11) is 0. The van der Waals surface area contributed by atoms with Gasteiger partial charge in [-0.2, -0.15) is 0 Å². The molecule has 4 nitrogen and oxygen atoms in total. The maximum absolute atomic E-state index is 12.1. The second-order valence-corrected chi connectivity index (χ2v) is 7.14. The van der Waals surface area contributed by atoms with Crippen molar-refractivity contribution in [2.75, 3.05) is 32.7 Å². The first kappa shape index (κ1) is 16.3. The van der Waals surface area contributed by atoms with E-state index >= 15 is 0 Å². The Bertz CT molecular complexity index is 411. The van der Waals surface area contributed by atoms with Gasteiger partial charge in [-0.3, -0.25) is 4.90 Å². The smallest absolute Gasteiger partial charge is 0.317 e. The number of carbonyl (C=O) groups is 1. The maximum atomic E-state index is 12.1. The van der Waals surface area contributed by atoms with Gasteiger partial charge in [0, 0.05) is 44.1 Å². The van der Waals surface area contributed by atoms with Gasteiger partial charge in [-0.05, 0) is 30.2 Å². The molecule has 0 aliphatic carbocycles. The minimum atomic E-state index is 0.106. The van der Waals surface area contributed by atoms with Crippen molar-refractivity contribution in [3.8, 4) is 0 Å². The summed E-state index contributed by atoms with van der Waals surface area (Å²) in [6, 6.07) is 4.38. The number of nitrogens with zero attached hydrogens (tertiary/aromatic N) is 2. The quantitative estimate of drug-likeness (QED) is 0.820. The lowest BCUT2D eigenvalue weighted by atomic mass is 10.1. The molecular weight excluding hydrogens is 282 g/mol. The number of thiophene rings is 1. The van der Waals surface area contributed by atoms with Crippen molar-refractivity contribution in [3.63, 3.8) is 0 Å². The van der Waals surface area contributed by atoms with Gasteiger partial charge in [0.15, 0.2) is 0 Å². The Labute approximate surface area is 132 Å². The molecular formula is C16H27N3OS. The van der Waals surface area contributed by atoms with Gasteiger partial charge in [-0.25, -0.2) is 4.79 Å². The minimum Gasteiger partial charge on any atom is -0.338 e. The topological polar surface area (TPSA) is 35.6 Å². The van der Waals surface area contributed by atoms with Crippen LogP contribution in [0.1, 0.15) is 31.6 Å². The Morgan fingerprint density at radius 2 is 2.10 bits per heavy atom. The zero-order valence-corrected chi connectivity index (χ0v) is 14.0. The number of hydrogen-bond acceptors (Lipinski definition) is 3. The fourth-order valence-corrected chi connectivity index (χ4v) is 3.30. The summed E-state index contributed by atoms with van der Waals surface area (Å²) in [5.74, 6) is 0.711. The van der Waals surface area contributed by atoms with Gasteiger partial charge in [0.05, 0.1) is 0 Å². The first-order chi connectivity index (χ1) is 10.1. The molecule has 1 aliphatic rings. The van der Waals surface area contributed by atoms with E-state index in [1.54, 1.807) is 11.3 Å². The van der Waals surface area contributed by atoms with Gasteiger partial charge in [0.25, 0.3) is 0 Å². The summed E-state index contributed by atoms with van der Waals surface area (Å²) < 4.78 is 0. The lowest BCUT2D eigenvalue weighted by molar-refractivity contribution is 0.136. The van der Waals surface area contributed by atoms with Crippen molar-refractivity contribution >= 4 is 17.4 Å². The zero-order valence-electron chi connectivity index (χ0n) is 13.2. The summed E-state index contributed by atoms with van der Waals surface area (Å²) in [5, 5.41) is 5.16. The Kier molecular flexibility index (Phi) is 6.51. The summed E-state index contributed by atoms with van der Waals surface area (Å²) in [6.45, 7) is 9.86. The number of urea groups is 1. The Morgan fingerprint density at radius 1 is 1.33 bits per heavy atom. The third-order valence-corrected chi connectivity index (χ3v) is 4.71. The molecule has 1 aliphatic heterocycles. The second-order valence-electron chi connectivity index (χ2n) is 6.11. The molecule has 21 heavy (non-hydrogen) atoms. The fraction of sp³-hybridized carbons (Fsp3) is 0.688. The fourth-order valence-electron chi connectivity index (χ4n) is 2.55. The molecule has 2 amide bonds. The molecule has 1 N–H and O–H groups in total. The van der Waals surface area contributed by atoms with E-state index in [0.717, 1.165) is 45.7 Å².